The number of anilines is 1. The lowest BCUT2D eigenvalue weighted by Crippen LogP contribution is -2.18. The van der Waals surface area contributed by atoms with E-state index < -0.39 is 0 Å². The van der Waals surface area contributed by atoms with Crippen LogP contribution in [0.4, 0.5) is 5.69 Å². The minimum absolute atomic E-state index is 0.989. The molecule has 0 aromatic heterocycles. The van der Waals surface area contributed by atoms with Gasteiger partial charge in [-0.1, -0.05) is 24.6 Å². The van der Waals surface area contributed by atoms with Gasteiger partial charge in [0, 0.05) is 18.8 Å². The summed E-state index contributed by atoms with van der Waals surface area (Å²) in [6.07, 6.45) is 3.89. The second-order valence-electron chi connectivity index (χ2n) is 3.82. The van der Waals surface area contributed by atoms with Crippen molar-refractivity contribution in [2.75, 3.05) is 18.4 Å². The van der Waals surface area contributed by atoms with Crippen molar-refractivity contribution in [3.05, 3.63) is 29.8 Å². The highest BCUT2D eigenvalue weighted by molar-refractivity contribution is 5.50. The standard InChI is InChI=1S/C12H18N2/c1-4-8-13-10-11-6-2-3-7-12(11)14-9-5-1/h2-3,6-7,13-14H,1,4-5,8-10H2. The van der Waals surface area contributed by atoms with E-state index in [1.54, 1.807) is 0 Å². The third-order valence-corrected chi connectivity index (χ3v) is 2.68. The van der Waals surface area contributed by atoms with E-state index in [9.17, 15) is 0 Å². The van der Waals surface area contributed by atoms with Gasteiger partial charge in [-0.3, -0.25) is 0 Å². The first-order chi connectivity index (χ1) is 6.97. The molecule has 1 heterocycles. The molecule has 0 bridgehead atoms. The van der Waals surface area contributed by atoms with Gasteiger partial charge in [-0.05, 0) is 31.0 Å². The van der Waals surface area contributed by atoms with Crippen LogP contribution in [-0.2, 0) is 6.54 Å². The average molecular weight is 190 g/mol. The van der Waals surface area contributed by atoms with Crippen LogP contribution in [0.25, 0.3) is 0 Å². The summed E-state index contributed by atoms with van der Waals surface area (Å²) in [5.74, 6) is 0. The molecule has 1 aromatic rings. The van der Waals surface area contributed by atoms with Gasteiger partial charge in [0.25, 0.3) is 0 Å². The number of para-hydroxylation sites is 1. The largest absolute Gasteiger partial charge is 0.385 e. The summed E-state index contributed by atoms with van der Waals surface area (Å²) in [6, 6.07) is 8.56. The summed E-state index contributed by atoms with van der Waals surface area (Å²) in [5, 5.41) is 6.96. The second kappa shape index (κ2) is 5.01. The van der Waals surface area contributed by atoms with Gasteiger partial charge in [0.2, 0.25) is 0 Å². The van der Waals surface area contributed by atoms with E-state index in [4.69, 9.17) is 0 Å². The molecule has 2 N–H and O–H groups in total. The molecule has 2 rings (SSSR count). The van der Waals surface area contributed by atoms with Crippen LogP contribution in [-0.4, -0.2) is 13.1 Å². The Morgan fingerprint density at radius 2 is 1.79 bits per heavy atom. The number of rotatable bonds is 0. The van der Waals surface area contributed by atoms with Crippen LogP contribution in [0.15, 0.2) is 24.3 Å². The molecule has 0 saturated heterocycles. The summed E-state index contributed by atoms with van der Waals surface area (Å²) in [5.41, 5.74) is 2.68. The first-order valence-corrected chi connectivity index (χ1v) is 5.49. The highest BCUT2D eigenvalue weighted by Gasteiger charge is 2.02. The summed E-state index contributed by atoms with van der Waals surface area (Å²) >= 11 is 0. The van der Waals surface area contributed by atoms with Crippen molar-refractivity contribution in [2.45, 2.75) is 25.8 Å². The molecule has 0 spiro atoms. The zero-order valence-corrected chi connectivity index (χ0v) is 8.55. The molecule has 14 heavy (non-hydrogen) atoms. The second-order valence-corrected chi connectivity index (χ2v) is 3.82. The van der Waals surface area contributed by atoms with E-state index in [0.29, 0.717) is 0 Å². The highest BCUT2D eigenvalue weighted by Crippen LogP contribution is 2.15. The molecule has 1 aliphatic heterocycles. The van der Waals surface area contributed by atoms with Gasteiger partial charge in [0.15, 0.2) is 0 Å². The molecule has 0 unspecified atom stereocenters. The Balaban J connectivity index is 2.10. The Kier molecular flexibility index (Phi) is 3.41. The monoisotopic (exact) mass is 190 g/mol. The molecule has 0 aliphatic carbocycles. The Hall–Kier alpha value is -1.02. The van der Waals surface area contributed by atoms with Crippen LogP contribution in [0.1, 0.15) is 24.8 Å². The lowest BCUT2D eigenvalue weighted by molar-refractivity contribution is 0.605. The van der Waals surface area contributed by atoms with E-state index in [-0.39, 0.29) is 0 Å². The van der Waals surface area contributed by atoms with Crippen LogP contribution < -0.4 is 10.6 Å². The molecular formula is C12H18N2. The van der Waals surface area contributed by atoms with Crippen molar-refractivity contribution in [3.8, 4) is 0 Å². The van der Waals surface area contributed by atoms with Gasteiger partial charge in [-0.25, -0.2) is 0 Å². The topological polar surface area (TPSA) is 24.1 Å². The smallest absolute Gasteiger partial charge is 0.0385 e. The third kappa shape index (κ3) is 2.48. The SMILES string of the molecule is c1ccc2c(c1)CNCCCCCN2. The predicted molar refractivity (Wildman–Crippen MR) is 60.5 cm³/mol. The van der Waals surface area contributed by atoms with Gasteiger partial charge in [-0.15, -0.1) is 0 Å². The molecule has 2 heteroatoms. The van der Waals surface area contributed by atoms with Gasteiger partial charge in [0.1, 0.15) is 0 Å². The quantitative estimate of drug-likeness (QED) is 0.656. The molecule has 1 aliphatic rings. The van der Waals surface area contributed by atoms with E-state index in [1.165, 1.54) is 30.5 Å². The molecule has 0 amide bonds. The Morgan fingerprint density at radius 1 is 0.929 bits per heavy atom. The highest BCUT2D eigenvalue weighted by atomic mass is 14.9. The van der Waals surface area contributed by atoms with Gasteiger partial charge in [0.05, 0.1) is 0 Å². The fraction of sp³-hybridized carbons (Fsp3) is 0.500. The van der Waals surface area contributed by atoms with Crippen LogP contribution in [0, 0.1) is 0 Å². The molecule has 0 atom stereocenters. The van der Waals surface area contributed by atoms with Crippen LogP contribution in [0.3, 0.4) is 0 Å². The molecule has 2 nitrogen and oxygen atoms in total. The average Bonchev–Trinajstić information content (AvgIpc) is 2.25. The zero-order valence-electron chi connectivity index (χ0n) is 8.55. The van der Waals surface area contributed by atoms with E-state index in [2.05, 4.69) is 34.9 Å². The van der Waals surface area contributed by atoms with Crippen molar-refractivity contribution in [2.24, 2.45) is 0 Å². The van der Waals surface area contributed by atoms with Crippen molar-refractivity contribution < 1.29 is 0 Å². The number of fused-ring (bicyclic) bond motifs is 1. The lowest BCUT2D eigenvalue weighted by atomic mass is 10.1. The van der Waals surface area contributed by atoms with Crippen molar-refractivity contribution in [1.29, 1.82) is 0 Å². The lowest BCUT2D eigenvalue weighted by Gasteiger charge is -2.14. The Bertz CT molecular complexity index is 254. The maximum Gasteiger partial charge on any atom is 0.0385 e. The van der Waals surface area contributed by atoms with Crippen LogP contribution in [0.2, 0.25) is 0 Å². The normalized spacial score (nSPS) is 18.0. The molecule has 76 valence electrons. The van der Waals surface area contributed by atoms with Crippen LogP contribution in [0.5, 0.6) is 0 Å². The fourth-order valence-electron chi connectivity index (χ4n) is 1.84. The molecule has 0 saturated carbocycles. The molecule has 1 aromatic carbocycles. The fourth-order valence-corrected chi connectivity index (χ4v) is 1.84. The summed E-state index contributed by atoms with van der Waals surface area (Å²) in [7, 11) is 0. The minimum atomic E-state index is 0.989. The summed E-state index contributed by atoms with van der Waals surface area (Å²) < 4.78 is 0. The molecular weight excluding hydrogens is 172 g/mol. The first-order valence-electron chi connectivity index (χ1n) is 5.49. The number of hydrogen-bond acceptors (Lipinski definition) is 2. The van der Waals surface area contributed by atoms with Crippen molar-refractivity contribution in [1.82, 2.24) is 5.32 Å². The zero-order chi connectivity index (χ0) is 9.64. The number of nitrogens with one attached hydrogen (secondary N) is 2. The molecule has 0 fully saturated rings. The van der Waals surface area contributed by atoms with Gasteiger partial charge < -0.3 is 10.6 Å². The first kappa shape index (κ1) is 9.53. The number of benzene rings is 1. The number of hydrogen-bond donors (Lipinski definition) is 2. The van der Waals surface area contributed by atoms with E-state index >= 15 is 0 Å². The summed E-state index contributed by atoms with van der Waals surface area (Å²) in [6.45, 7) is 3.24. The van der Waals surface area contributed by atoms with E-state index in [0.717, 1.165) is 19.6 Å². The maximum absolute atomic E-state index is 3.49. The van der Waals surface area contributed by atoms with Gasteiger partial charge in [-0.2, -0.15) is 0 Å². The predicted octanol–water partition coefficient (Wildman–Crippen LogP) is 2.37. The third-order valence-electron chi connectivity index (χ3n) is 2.68. The summed E-state index contributed by atoms with van der Waals surface area (Å²) in [4.78, 5) is 0. The van der Waals surface area contributed by atoms with Crippen LogP contribution >= 0.6 is 0 Å². The molecule has 0 radical (unpaired) electrons. The van der Waals surface area contributed by atoms with E-state index in [1.807, 2.05) is 0 Å². The van der Waals surface area contributed by atoms with Gasteiger partial charge >= 0.3 is 0 Å². The van der Waals surface area contributed by atoms with Crippen molar-refractivity contribution >= 4 is 5.69 Å². The van der Waals surface area contributed by atoms with Crippen molar-refractivity contribution in [3.63, 3.8) is 0 Å². The maximum atomic E-state index is 3.49. The Labute approximate surface area is 85.7 Å². The minimum Gasteiger partial charge on any atom is -0.385 e. The Morgan fingerprint density at radius 3 is 2.79 bits per heavy atom.